The summed E-state index contributed by atoms with van der Waals surface area (Å²) in [5.41, 5.74) is 27.8. The summed E-state index contributed by atoms with van der Waals surface area (Å²) in [7, 11) is 0. The lowest BCUT2D eigenvalue weighted by Crippen LogP contribution is -1.48. The molecule has 0 aliphatic rings. The van der Waals surface area contributed by atoms with Crippen molar-refractivity contribution in [2.24, 2.45) is 0 Å². The molecule has 0 aliphatic carbocycles. The Kier molecular flexibility index (Phi) is 8.99. The molecule has 0 atom stereocenters. The van der Waals surface area contributed by atoms with Gasteiger partial charge in [-0.2, -0.15) is 0 Å². The van der Waals surface area contributed by atoms with Crippen molar-refractivity contribution in [3.05, 3.63) is 86.8 Å². The minimum atomic E-state index is 0.634. The molecule has 0 fully saturated rings. The molecule has 0 aromatic heterocycles. The molecule has 0 N–H and O–H groups in total. The number of hydrogen-bond donors (Lipinski definition) is 0. The molecule has 0 rings (SSSR count). The van der Waals surface area contributed by atoms with E-state index in [9.17, 15) is 0 Å². The smallest absolute Gasteiger partial charge is 0.0693 e. The molecule has 0 unspecified atom stereocenters. The molecule has 0 spiro atoms. The zero-order valence-corrected chi connectivity index (χ0v) is 9.96. The molecule has 0 aromatic rings. The van der Waals surface area contributed by atoms with E-state index < -0.39 is 0 Å². The molecular formula is C15H5Br. The highest BCUT2D eigenvalue weighted by atomic mass is 79.9. The molecule has 0 aliphatic heterocycles. The quantitative estimate of drug-likeness (QED) is 0.500. The molecule has 1 heteroatoms. The van der Waals surface area contributed by atoms with Gasteiger partial charge in [-0.1, -0.05) is 17.2 Å². The van der Waals surface area contributed by atoms with Crippen molar-refractivity contribution >= 4 is 15.9 Å². The Morgan fingerprint density at radius 2 is 1.38 bits per heavy atom. The molecule has 0 bridgehead atoms. The molecule has 0 heterocycles. The zero-order chi connectivity index (χ0) is 12.1. The van der Waals surface area contributed by atoms with Crippen LogP contribution in [-0.4, -0.2) is 0 Å². The Morgan fingerprint density at radius 1 is 0.812 bits per heavy atom. The van der Waals surface area contributed by atoms with E-state index in [1.54, 1.807) is 6.08 Å². The summed E-state index contributed by atoms with van der Waals surface area (Å²) in [5, 5.41) is 0. The van der Waals surface area contributed by atoms with Crippen molar-refractivity contribution in [3.63, 3.8) is 0 Å². The summed E-state index contributed by atoms with van der Waals surface area (Å²) < 4.78 is 0.634. The summed E-state index contributed by atoms with van der Waals surface area (Å²) in [5.74, 6) is 0. The fourth-order valence-electron chi connectivity index (χ4n) is 0.447. The number of allylic oxidation sites excluding steroid dienone is 2. The van der Waals surface area contributed by atoms with Crippen molar-refractivity contribution in [2.45, 2.75) is 0 Å². The van der Waals surface area contributed by atoms with Gasteiger partial charge in [0.15, 0.2) is 0 Å². The highest BCUT2D eigenvalue weighted by Crippen LogP contribution is 2.01. The lowest BCUT2D eigenvalue weighted by molar-refractivity contribution is 1.98. The lowest BCUT2D eigenvalue weighted by Gasteiger charge is -1.69. The van der Waals surface area contributed by atoms with Gasteiger partial charge < -0.3 is 0 Å². The predicted octanol–water partition coefficient (Wildman–Crippen LogP) is 3.79. The van der Waals surface area contributed by atoms with Crippen molar-refractivity contribution < 1.29 is 0 Å². The van der Waals surface area contributed by atoms with Gasteiger partial charge in [0.2, 0.25) is 0 Å². The van der Waals surface area contributed by atoms with Crippen molar-refractivity contribution in [1.29, 1.82) is 0 Å². The van der Waals surface area contributed by atoms with Gasteiger partial charge in [0, 0.05) is 6.08 Å². The Labute approximate surface area is 103 Å². The summed E-state index contributed by atoms with van der Waals surface area (Å²) in [4.78, 5) is 0. The number of rotatable bonds is 1. The fourth-order valence-corrected chi connectivity index (χ4v) is 0.660. The van der Waals surface area contributed by atoms with E-state index in [1.807, 2.05) is 0 Å². The van der Waals surface area contributed by atoms with E-state index in [0.717, 1.165) is 0 Å². The maximum Gasteiger partial charge on any atom is 0.0767 e. The average molecular weight is 265 g/mol. The fraction of sp³-hybridized carbons (Fsp3) is 0. The predicted molar refractivity (Wildman–Crippen MR) is 66.9 cm³/mol. The molecule has 0 saturated heterocycles. The second-order valence-electron chi connectivity index (χ2n) is 1.99. The molecule has 0 radical (unpaired) electrons. The Bertz CT molecular complexity index is 679. The van der Waals surface area contributed by atoms with Crippen LogP contribution in [0.15, 0.2) is 86.8 Å². The standard InChI is InChI=1S/C15H5Br/c1-3-5-7-8-9-10-12-14-15(16)13-11-6-4-2/h13H,1-2H2. The number of hydrogen-bond acceptors (Lipinski definition) is 0. The monoisotopic (exact) mass is 264 g/mol. The lowest BCUT2D eigenvalue weighted by atomic mass is 10.5. The Morgan fingerprint density at radius 3 is 2.00 bits per heavy atom. The van der Waals surface area contributed by atoms with Gasteiger partial charge in [0.1, 0.15) is 0 Å². The molecule has 0 amide bonds. The van der Waals surface area contributed by atoms with E-state index >= 15 is 0 Å². The van der Waals surface area contributed by atoms with Crippen molar-refractivity contribution in [1.82, 2.24) is 0 Å². The van der Waals surface area contributed by atoms with Crippen LogP contribution < -0.4 is 0 Å². The molecule has 0 saturated carbocycles. The second kappa shape index (κ2) is 10.6. The highest BCUT2D eigenvalue weighted by molar-refractivity contribution is 9.11. The molecule has 0 nitrogen and oxygen atoms in total. The van der Waals surface area contributed by atoms with Crippen LogP contribution in [0.2, 0.25) is 0 Å². The molecule has 0 aromatic carbocycles. The van der Waals surface area contributed by atoms with Gasteiger partial charge in [-0.15, -0.1) is 0 Å². The minimum Gasteiger partial charge on any atom is -0.0693 e. The van der Waals surface area contributed by atoms with Crippen molar-refractivity contribution in [2.75, 3.05) is 0 Å². The number of halogens is 1. The summed E-state index contributed by atoms with van der Waals surface area (Å²) in [6.07, 6.45) is 1.59. The van der Waals surface area contributed by atoms with E-state index in [2.05, 4.69) is 92.1 Å². The topological polar surface area (TPSA) is 0 Å². The van der Waals surface area contributed by atoms with Gasteiger partial charge in [-0.25, -0.2) is 0 Å². The van der Waals surface area contributed by atoms with Crippen LogP contribution >= 0.6 is 15.9 Å². The third-order valence-corrected chi connectivity index (χ3v) is 1.37. The van der Waals surface area contributed by atoms with Crippen LogP contribution in [0.1, 0.15) is 0 Å². The van der Waals surface area contributed by atoms with Gasteiger partial charge >= 0.3 is 0 Å². The maximum atomic E-state index is 3.34. The zero-order valence-electron chi connectivity index (χ0n) is 8.37. The minimum absolute atomic E-state index is 0.634. The van der Waals surface area contributed by atoms with Crippen LogP contribution in [-0.2, 0) is 0 Å². The summed E-state index contributed by atoms with van der Waals surface area (Å²) in [6.45, 7) is 6.64. The van der Waals surface area contributed by atoms with Crippen LogP contribution in [0, 0.1) is 0 Å². The summed E-state index contributed by atoms with van der Waals surface area (Å²) >= 11 is 3.20. The summed E-state index contributed by atoms with van der Waals surface area (Å²) in [6, 6.07) is 0. The van der Waals surface area contributed by atoms with Crippen LogP contribution in [0.5, 0.6) is 0 Å². The van der Waals surface area contributed by atoms with Gasteiger partial charge in [0.25, 0.3) is 0 Å². The van der Waals surface area contributed by atoms with Gasteiger partial charge in [-0.05, 0) is 74.9 Å². The van der Waals surface area contributed by atoms with E-state index in [0.29, 0.717) is 4.48 Å². The molecule has 72 valence electrons. The SMILES string of the molecule is C=C=C=C=C=C=C=C=C=C(Br)C=C=C=C=C. The first-order valence-corrected chi connectivity index (χ1v) is 4.77. The first-order valence-electron chi connectivity index (χ1n) is 3.97. The third kappa shape index (κ3) is 9.63. The Hall–Kier alpha value is -2.46. The van der Waals surface area contributed by atoms with Crippen LogP contribution in [0.3, 0.4) is 0 Å². The Balaban J connectivity index is 5.50. The highest BCUT2D eigenvalue weighted by Gasteiger charge is 1.73. The molecular weight excluding hydrogens is 260 g/mol. The maximum absolute atomic E-state index is 3.34. The molecule has 16 heavy (non-hydrogen) atoms. The normalized spacial score (nSPS) is 4.81. The van der Waals surface area contributed by atoms with Gasteiger partial charge in [-0.3, -0.25) is 0 Å². The van der Waals surface area contributed by atoms with E-state index in [1.165, 1.54) is 0 Å². The first-order chi connectivity index (χ1) is 7.81. The van der Waals surface area contributed by atoms with Crippen LogP contribution in [0.4, 0.5) is 0 Å². The van der Waals surface area contributed by atoms with E-state index in [4.69, 9.17) is 0 Å². The second-order valence-corrected chi connectivity index (χ2v) is 2.84. The average Bonchev–Trinajstić information content (AvgIpc) is 2.28. The van der Waals surface area contributed by atoms with Crippen LogP contribution in [0.25, 0.3) is 0 Å². The van der Waals surface area contributed by atoms with Crippen molar-refractivity contribution in [3.8, 4) is 0 Å². The largest absolute Gasteiger partial charge is 0.0767 e. The third-order valence-electron chi connectivity index (χ3n) is 0.942. The van der Waals surface area contributed by atoms with E-state index in [-0.39, 0.29) is 0 Å². The first kappa shape index (κ1) is 13.5. The van der Waals surface area contributed by atoms with Gasteiger partial charge in [0.05, 0.1) is 4.48 Å².